The molecule has 0 atom stereocenters. The zero-order valence-electron chi connectivity index (χ0n) is 8.73. The van der Waals surface area contributed by atoms with E-state index in [0.717, 1.165) is 24.9 Å². The molecule has 1 aromatic rings. The van der Waals surface area contributed by atoms with E-state index in [1.807, 2.05) is 24.3 Å². The van der Waals surface area contributed by atoms with Crippen LogP contribution in [0.1, 0.15) is 18.4 Å². The highest BCUT2D eigenvalue weighted by molar-refractivity contribution is 5.78. The molecule has 1 saturated heterocycles. The molecule has 0 aromatic heterocycles. The minimum atomic E-state index is 0.820. The lowest BCUT2D eigenvalue weighted by Crippen LogP contribution is -2.18. The number of carbonyl (C=O) groups is 1. The molecule has 2 nitrogen and oxygen atoms in total. The fourth-order valence-electron chi connectivity index (χ4n) is 2.02. The number of allylic oxidation sites excluding steroid dienone is 1. The Balaban J connectivity index is 2.28. The van der Waals surface area contributed by atoms with Crippen molar-refractivity contribution in [3.8, 4) is 0 Å². The first kappa shape index (κ1) is 9.97. The maximum atomic E-state index is 10.3. The van der Waals surface area contributed by atoms with Gasteiger partial charge in [0.05, 0.1) is 0 Å². The highest BCUT2D eigenvalue weighted by Gasteiger charge is 2.13. The Hall–Kier alpha value is -1.57. The SMILES string of the molecule is O=CC=Cc1ccccc1N1CCCC1. The zero-order chi connectivity index (χ0) is 10.5. The number of hydrogen-bond acceptors (Lipinski definition) is 2. The molecule has 15 heavy (non-hydrogen) atoms. The van der Waals surface area contributed by atoms with Gasteiger partial charge >= 0.3 is 0 Å². The van der Waals surface area contributed by atoms with E-state index in [2.05, 4.69) is 11.0 Å². The first-order valence-corrected chi connectivity index (χ1v) is 5.37. The van der Waals surface area contributed by atoms with Gasteiger partial charge in [0.25, 0.3) is 0 Å². The summed E-state index contributed by atoms with van der Waals surface area (Å²) in [6.45, 7) is 2.26. The quantitative estimate of drug-likeness (QED) is 0.553. The van der Waals surface area contributed by atoms with Crippen LogP contribution in [-0.4, -0.2) is 19.4 Å². The molecule has 0 N–H and O–H groups in total. The third kappa shape index (κ3) is 2.27. The Morgan fingerprint density at radius 1 is 1.13 bits per heavy atom. The first-order chi connectivity index (χ1) is 7.42. The van der Waals surface area contributed by atoms with E-state index < -0.39 is 0 Å². The molecule has 0 aliphatic carbocycles. The average molecular weight is 201 g/mol. The van der Waals surface area contributed by atoms with Crippen LogP contribution in [0.5, 0.6) is 0 Å². The number of hydrogen-bond donors (Lipinski definition) is 0. The van der Waals surface area contributed by atoms with Gasteiger partial charge < -0.3 is 4.90 Å². The molecule has 78 valence electrons. The third-order valence-corrected chi connectivity index (χ3v) is 2.74. The van der Waals surface area contributed by atoms with Crippen LogP contribution in [0.2, 0.25) is 0 Å². The van der Waals surface area contributed by atoms with Crippen molar-refractivity contribution in [1.82, 2.24) is 0 Å². The summed E-state index contributed by atoms with van der Waals surface area (Å²) in [4.78, 5) is 12.7. The van der Waals surface area contributed by atoms with Crippen molar-refractivity contribution in [2.24, 2.45) is 0 Å². The molecule has 0 bridgehead atoms. The summed E-state index contributed by atoms with van der Waals surface area (Å²) in [7, 11) is 0. The Labute approximate surface area is 90.2 Å². The number of rotatable bonds is 3. The molecule has 1 aromatic carbocycles. The monoisotopic (exact) mass is 201 g/mol. The summed E-state index contributed by atoms with van der Waals surface area (Å²) in [5, 5.41) is 0. The topological polar surface area (TPSA) is 20.3 Å². The molecule has 2 rings (SSSR count). The Morgan fingerprint density at radius 2 is 1.87 bits per heavy atom. The van der Waals surface area contributed by atoms with Crippen molar-refractivity contribution in [2.75, 3.05) is 18.0 Å². The summed E-state index contributed by atoms with van der Waals surface area (Å²) >= 11 is 0. The van der Waals surface area contributed by atoms with Gasteiger partial charge in [0.1, 0.15) is 6.29 Å². The van der Waals surface area contributed by atoms with E-state index in [1.54, 1.807) is 6.08 Å². The Bertz CT molecular complexity index is 365. The van der Waals surface area contributed by atoms with E-state index in [4.69, 9.17) is 0 Å². The molecule has 1 aliphatic heterocycles. The van der Waals surface area contributed by atoms with Crippen molar-refractivity contribution in [3.05, 3.63) is 35.9 Å². The van der Waals surface area contributed by atoms with Gasteiger partial charge in [0.2, 0.25) is 0 Å². The largest absolute Gasteiger partial charge is 0.371 e. The van der Waals surface area contributed by atoms with Crippen molar-refractivity contribution in [1.29, 1.82) is 0 Å². The summed E-state index contributed by atoms with van der Waals surface area (Å²) in [5.41, 5.74) is 2.37. The van der Waals surface area contributed by atoms with E-state index in [0.29, 0.717) is 0 Å². The van der Waals surface area contributed by atoms with Gasteiger partial charge in [-0.25, -0.2) is 0 Å². The van der Waals surface area contributed by atoms with E-state index >= 15 is 0 Å². The minimum Gasteiger partial charge on any atom is -0.371 e. The lowest BCUT2D eigenvalue weighted by Gasteiger charge is -2.19. The number of anilines is 1. The van der Waals surface area contributed by atoms with Crippen LogP contribution < -0.4 is 4.90 Å². The Kier molecular flexibility index (Phi) is 3.18. The second kappa shape index (κ2) is 4.78. The molecular formula is C13H15NO. The fraction of sp³-hybridized carbons (Fsp3) is 0.308. The molecule has 0 radical (unpaired) electrons. The maximum absolute atomic E-state index is 10.3. The molecule has 1 fully saturated rings. The summed E-state index contributed by atoms with van der Waals surface area (Å²) in [6, 6.07) is 8.22. The lowest BCUT2D eigenvalue weighted by molar-refractivity contribution is -0.104. The van der Waals surface area contributed by atoms with Gasteiger partial charge in [0.15, 0.2) is 0 Å². The predicted octanol–water partition coefficient (Wildman–Crippen LogP) is 2.50. The number of carbonyl (C=O) groups excluding carboxylic acids is 1. The van der Waals surface area contributed by atoms with Crippen LogP contribution in [0.3, 0.4) is 0 Å². The normalized spacial score (nSPS) is 16.1. The molecule has 0 saturated carbocycles. The highest BCUT2D eigenvalue weighted by Crippen LogP contribution is 2.25. The van der Waals surface area contributed by atoms with Gasteiger partial charge in [-0.2, -0.15) is 0 Å². The minimum absolute atomic E-state index is 0.820. The average Bonchev–Trinajstić information content (AvgIpc) is 2.80. The molecular weight excluding hydrogens is 186 g/mol. The second-order valence-corrected chi connectivity index (χ2v) is 3.75. The smallest absolute Gasteiger partial charge is 0.142 e. The van der Waals surface area contributed by atoms with Crippen molar-refractivity contribution in [2.45, 2.75) is 12.8 Å². The number of aldehydes is 1. The van der Waals surface area contributed by atoms with Crippen molar-refractivity contribution in [3.63, 3.8) is 0 Å². The molecule has 1 aliphatic rings. The van der Waals surface area contributed by atoms with E-state index in [-0.39, 0.29) is 0 Å². The van der Waals surface area contributed by atoms with Crippen LogP contribution in [0.4, 0.5) is 5.69 Å². The molecule has 0 spiro atoms. The number of para-hydroxylation sites is 1. The number of nitrogens with zero attached hydrogens (tertiary/aromatic N) is 1. The summed E-state index contributed by atoms with van der Waals surface area (Å²) in [5.74, 6) is 0. The fourth-order valence-corrected chi connectivity index (χ4v) is 2.02. The predicted molar refractivity (Wildman–Crippen MR) is 63.0 cm³/mol. The van der Waals surface area contributed by atoms with Gasteiger partial charge in [0, 0.05) is 18.8 Å². The molecule has 0 unspecified atom stereocenters. The van der Waals surface area contributed by atoms with Crippen molar-refractivity contribution >= 4 is 18.0 Å². The van der Waals surface area contributed by atoms with Crippen LogP contribution in [-0.2, 0) is 4.79 Å². The van der Waals surface area contributed by atoms with Crippen LogP contribution in [0.25, 0.3) is 6.08 Å². The summed E-state index contributed by atoms with van der Waals surface area (Å²) < 4.78 is 0. The van der Waals surface area contributed by atoms with E-state index in [1.165, 1.54) is 18.5 Å². The lowest BCUT2D eigenvalue weighted by atomic mass is 10.1. The van der Waals surface area contributed by atoms with Gasteiger partial charge in [-0.3, -0.25) is 4.79 Å². The Morgan fingerprint density at radius 3 is 2.60 bits per heavy atom. The highest BCUT2D eigenvalue weighted by atomic mass is 16.1. The zero-order valence-corrected chi connectivity index (χ0v) is 8.73. The second-order valence-electron chi connectivity index (χ2n) is 3.75. The standard InChI is InChI=1S/C13H15NO/c15-11-5-7-12-6-1-2-8-13(12)14-9-3-4-10-14/h1-2,5-8,11H,3-4,9-10H2. The van der Waals surface area contributed by atoms with Gasteiger partial charge in [-0.15, -0.1) is 0 Å². The van der Waals surface area contributed by atoms with Crippen LogP contribution in [0, 0.1) is 0 Å². The molecule has 0 amide bonds. The van der Waals surface area contributed by atoms with E-state index in [9.17, 15) is 4.79 Å². The molecule has 1 heterocycles. The first-order valence-electron chi connectivity index (χ1n) is 5.37. The van der Waals surface area contributed by atoms with Crippen LogP contribution >= 0.6 is 0 Å². The van der Waals surface area contributed by atoms with Crippen molar-refractivity contribution < 1.29 is 4.79 Å². The summed E-state index contributed by atoms with van der Waals surface area (Å²) in [6.07, 6.45) is 6.79. The molecule has 2 heteroatoms. The third-order valence-electron chi connectivity index (χ3n) is 2.74. The maximum Gasteiger partial charge on any atom is 0.142 e. The van der Waals surface area contributed by atoms with Gasteiger partial charge in [-0.1, -0.05) is 18.2 Å². The van der Waals surface area contributed by atoms with Gasteiger partial charge in [-0.05, 0) is 36.6 Å². The number of benzene rings is 1. The van der Waals surface area contributed by atoms with Crippen LogP contribution in [0.15, 0.2) is 30.3 Å².